The zero-order chi connectivity index (χ0) is 16.6. The van der Waals surface area contributed by atoms with E-state index in [-0.39, 0.29) is 10.8 Å². The summed E-state index contributed by atoms with van der Waals surface area (Å²) in [6.45, 7) is 22.0. The molecule has 0 aromatic carbocycles. The molecule has 0 fully saturated rings. The summed E-state index contributed by atoms with van der Waals surface area (Å²) in [5.74, 6) is 0. The molecule has 1 heterocycles. The van der Waals surface area contributed by atoms with Gasteiger partial charge in [0.1, 0.15) is 0 Å². The first-order valence-corrected chi connectivity index (χ1v) is 7.90. The summed E-state index contributed by atoms with van der Waals surface area (Å²) >= 11 is 0. The first-order chi connectivity index (χ1) is 9.37. The van der Waals surface area contributed by atoms with Crippen LogP contribution in [0.2, 0.25) is 0 Å². The molecule has 1 aromatic rings. The Morgan fingerprint density at radius 1 is 0.714 bits per heavy atom. The van der Waals surface area contributed by atoms with Crippen molar-refractivity contribution in [3.8, 4) is 0 Å². The number of anilines is 1. The minimum Gasteiger partial charge on any atom is -0.364 e. The van der Waals surface area contributed by atoms with Crippen molar-refractivity contribution in [3.63, 3.8) is 0 Å². The lowest BCUT2D eigenvalue weighted by Crippen LogP contribution is -2.41. The average Bonchev–Trinajstić information content (AvgIpc) is 2.25. The molecule has 0 saturated heterocycles. The van der Waals surface area contributed by atoms with Gasteiger partial charge in [-0.3, -0.25) is 0 Å². The maximum Gasteiger partial charge on any atom is 0.0954 e. The Morgan fingerprint density at radius 2 is 1.05 bits per heavy atom. The Morgan fingerprint density at radius 3 is 1.29 bits per heavy atom. The van der Waals surface area contributed by atoms with Crippen LogP contribution in [-0.2, 0) is 10.8 Å². The van der Waals surface area contributed by atoms with Gasteiger partial charge in [0.05, 0.1) is 17.1 Å². The van der Waals surface area contributed by atoms with E-state index >= 15 is 0 Å². The summed E-state index contributed by atoms with van der Waals surface area (Å²) in [5, 5.41) is 12.9. The third-order valence-electron chi connectivity index (χ3n) is 3.53. The standard InChI is InChI=1S/C17H32N4/c1-11(2)21(12(3)4)13-14(16(5,6)7)18-20-19-15(13)17(8,9)10/h11-12H,1-10H3. The summed E-state index contributed by atoms with van der Waals surface area (Å²) in [6.07, 6.45) is 0. The third-order valence-corrected chi connectivity index (χ3v) is 3.53. The molecule has 4 heteroatoms. The van der Waals surface area contributed by atoms with Crippen LogP contribution in [-0.4, -0.2) is 27.5 Å². The van der Waals surface area contributed by atoms with E-state index in [2.05, 4.69) is 89.5 Å². The Bertz CT molecular complexity index is 438. The van der Waals surface area contributed by atoms with Crippen molar-refractivity contribution in [3.05, 3.63) is 11.4 Å². The van der Waals surface area contributed by atoms with E-state index in [0.29, 0.717) is 12.1 Å². The largest absolute Gasteiger partial charge is 0.364 e. The van der Waals surface area contributed by atoms with Gasteiger partial charge in [-0.05, 0) is 32.9 Å². The lowest BCUT2D eigenvalue weighted by Gasteiger charge is -2.39. The molecule has 0 spiro atoms. The molecule has 0 aliphatic carbocycles. The normalized spacial score (nSPS) is 13.1. The van der Waals surface area contributed by atoms with Gasteiger partial charge < -0.3 is 4.90 Å². The quantitative estimate of drug-likeness (QED) is 0.841. The maximum atomic E-state index is 4.41. The smallest absolute Gasteiger partial charge is 0.0954 e. The van der Waals surface area contributed by atoms with Crippen LogP contribution >= 0.6 is 0 Å². The van der Waals surface area contributed by atoms with Crippen LogP contribution in [0.1, 0.15) is 80.6 Å². The van der Waals surface area contributed by atoms with Gasteiger partial charge in [0, 0.05) is 22.9 Å². The van der Waals surface area contributed by atoms with Crippen molar-refractivity contribution in [1.82, 2.24) is 15.4 Å². The molecule has 0 aliphatic rings. The van der Waals surface area contributed by atoms with Crippen LogP contribution in [0.5, 0.6) is 0 Å². The second kappa shape index (κ2) is 5.90. The van der Waals surface area contributed by atoms with Crippen molar-refractivity contribution in [1.29, 1.82) is 0 Å². The van der Waals surface area contributed by atoms with Crippen LogP contribution in [0.3, 0.4) is 0 Å². The van der Waals surface area contributed by atoms with E-state index in [1.54, 1.807) is 0 Å². The highest BCUT2D eigenvalue weighted by Gasteiger charge is 2.33. The number of hydrogen-bond donors (Lipinski definition) is 0. The predicted molar refractivity (Wildman–Crippen MR) is 90.0 cm³/mol. The molecule has 120 valence electrons. The van der Waals surface area contributed by atoms with Crippen molar-refractivity contribution in [2.24, 2.45) is 0 Å². The molecule has 0 saturated carbocycles. The Balaban J connectivity index is 3.72. The van der Waals surface area contributed by atoms with E-state index < -0.39 is 0 Å². The van der Waals surface area contributed by atoms with E-state index in [0.717, 1.165) is 17.1 Å². The first-order valence-electron chi connectivity index (χ1n) is 7.90. The molecule has 4 nitrogen and oxygen atoms in total. The highest BCUT2D eigenvalue weighted by Crippen LogP contribution is 2.38. The van der Waals surface area contributed by atoms with Crippen LogP contribution in [0.4, 0.5) is 5.69 Å². The number of rotatable bonds is 3. The van der Waals surface area contributed by atoms with Crippen molar-refractivity contribution >= 4 is 5.69 Å². The minimum atomic E-state index is -0.0622. The Hall–Kier alpha value is -1.19. The molecule has 0 amide bonds. The second-order valence-electron chi connectivity index (χ2n) is 8.43. The first kappa shape index (κ1) is 17.9. The van der Waals surface area contributed by atoms with Gasteiger partial charge in [-0.2, -0.15) is 0 Å². The molecular formula is C17H32N4. The van der Waals surface area contributed by atoms with E-state index in [4.69, 9.17) is 0 Å². The van der Waals surface area contributed by atoms with Gasteiger partial charge in [-0.1, -0.05) is 41.5 Å². The molecule has 0 aliphatic heterocycles. The summed E-state index contributed by atoms with van der Waals surface area (Å²) < 4.78 is 0. The number of hydrogen-bond acceptors (Lipinski definition) is 4. The van der Waals surface area contributed by atoms with Crippen LogP contribution in [0.15, 0.2) is 0 Å². The fraction of sp³-hybridized carbons (Fsp3) is 0.824. The van der Waals surface area contributed by atoms with Crippen molar-refractivity contribution in [2.75, 3.05) is 4.90 Å². The van der Waals surface area contributed by atoms with Gasteiger partial charge >= 0.3 is 0 Å². The average molecular weight is 292 g/mol. The zero-order valence-corrected chi connectivity index (χ0v) is 15.4. The van der Waals surface area contributed by atoms with E-state index in [9.17, 15) is 0 Å². The van der Waals surface area contributed by atoms with Crippen LogP contribution in [0, 0.1) is 0 Å². The topological polar surface area (TPSA) is 41.9 Å². The third kappa shape index (κ3) is 3.92. The monoisotopic (exact) mass is 292 g/mol. The zero-order valence-electron chi connectivity index (χ0n) is 15.4. The molecule has 0 atom stereocenters. The van der Waals surface area contributed by atoms with Gasteiger partial charge in [-0.25, -0.2) is 0 Å². The van der Waals surface area contributed by atoms with Crippen LogP contribution in [0.25, 0.3) is 0 Å². The molecule has 1 rings (SSSR count). The maximum absolute atomic E-state index is 4.41. The summed E-state index contributed by atoms with van der Waals surface area (Å²) in [4.78, 5) is 2.42. The van der Waals surface area contributed by atoms with Gasteiger partial charge in [0.25, 0.3) is 0 Å². The highest BCUT2D eigenvalue weighted by molar-refractivity contribution is 5.59. The summed E-state index contributed by atoms with van der Waals surface area (Å²) in [6, 6.07) is 0.774. The Labute approximate surface area is 130 Å². The number of nitrogens with zero attached hydrogens (tertiary/aromatic N) is 4. The van der Waals surface area contributed by atoms with E-state index in [1.807, 2.05) is 0 Å². The molecule has 1 aromatic heterocycles. The molecule has 0 bridgehead atoms. The fourth-order valence-electron chi connectivity index (χ4n) is 2.69. The highest BCUT2D eigenvalue weighted by atomic mass is 15.3. The van der Waals surface area contributed by atoms with Crippen molar-refractivity contribution < 1.29 is 0 Å². The predicted octanol–water partition coefficient (Wildman–Crippen LogP) is 4.09. The summed E-state index contributed by atoms with van der Waals surface area (Å²) in [7, 11) is 0. The number of aromatic nitrogens is 3. The minimum absolute atomic E-state index is 0.0622. The molecule has 0 N–H and O–H groups in total. The van der Waals surface area contributed by atoms with Gasteiger partial charge in [-0.15, -0.1) is 10.2 Å². The van der Waals surface area contributed by atoms with Gasteiger partial charge in [0.15, 0.2) is 0 Å². The lowest BCUT2D eigenvalue weighted by molar-refractivity contribution is 0.494. The lowest BCUT2D eigenvalue weighted by atomic mass is 9.84. The Kier molecular flexibility index (Phi) is 5.01. The molecule has 0 radical (unpaired) electrons. The van der Waals surface area contributed by atoms with Crippen LogP contribution < -0.4 is 4.90 Å². The van der Waals surface area contributed by atoms with Crippen molar-refractivity contribution in [2.45, 2.75) is 92.2 Å². The molecule has 0 unspecified atom stereocenters. The molecule has 21 heavy (non-hydrogen) atoms. The molecular weight excluding hydrogens is 260 g/mol. The van der Waals surface area contributed by atoms with Gasteiger partial charge in [0.2, 0.25) is 0 Å². The fourth-order valence-corrected chi connectivity index (χ4v) is 2.69. The second-order valence-corrected chi connectivity index (χ2v) is 8.43. The summed E-state index contributed by atoms with van der Waals surface area (Å²) in [5.41, 5.74) is 3.10. The SMILES string of the molecule is CC(C)N(c1c(C(C)(C)C)nnnc1C(C)(C)C)C(C)C. The van der Waals surface area contributed by atoms with E-state index in [1.165, 1.54) is 0 Å².